The maximum atomic E-state index is 13.8. The predicted octanol–water partition coefficient (Wildman–Crippen LogP) is 3.35. The van der Waals surface area contributed by atoms with Gasteiger partial charge in [0, 0.05) is 5.56 Å². The summed E-state index contributed by atoms with van der Waals surface area (Å²) < 4.78 is 19.1. The van der Waals surface area contributed by atoms with E-state index in [9.17, 15) is 14.0 Å². The average molecular weight is 332 g/mol. The molecule has 0 aromatic heterocycles. The maximum absolute atomic E-state index is 13.8. The van der Waals surface area contributed by atoms with E-state index in [1.807, 2.05) is 0 Å². The Morgan fingerprint density at radius 1 is 1.47 bits per heavy atom. The standard InChI is InChI=1S/C13H15BrFNO3/c1-13(2,3)19-12(18)16-10(7-17)8-5-4-6-9(14)11(8)15/h4-7,10H,1-3H3,(H,16,18). The first-order valence-corrected chi connectivity index (χ1v) is 6.42. The van der Waals surface area contributed by atoms with Crippen LogP contribution in [-0.4, -0.2) is 18.0 Å². The number of carbonyl (C=O) groups excluding carboxylic acids is 2. The van der Waals surface area contributed by atoms with Gasteiger partial charge in [-0.05, 0) is 42.8 Å². The summed E-state index contributed by atoms with van der Waals surface area (Å²) in [5.41, 5.74) is -0.608. The van der Waals surface area contributed by atoms with Crippen molar-refractivity contribution < 1.29 is 18.7 Å². The molecule has 0 saturated heterocycles. The number of amides is 1. The summed E-state index contributed by atoms with van der Waals surface area (Å²) in [4.78, 5) is 22.6. The molecule has 0 aliphatic carbocycles. The highest BCUT2D eigenvalue weighted by Gasteiger charge is 2.22. The summed E-state index contributed by atoms with van der Waals surface area (Å²) in [5.74, 6) is -0.587. The SMILES string of the molecule is CC(C)(C)OC(=O)NC(C=O)c1cccc(Br)c1F. The molecule has 0 heterocycles. The summed E-state index contributed by atoms with van der Waals surface area (Å²) in [6.07, 6.45) is -0.321. The Bertz CT molecular complexity index is 485. The lowest BCUT2D eigenvalue weighted by atomic mass is 10.1. The molecular weight excluding hydrogens is 317 g/mol. The third-order valence-electron chi connectivity index (χ3n) is 2.12. The number of alkyl carbamates (subject to hydrolysis) is 1. The van der Waals surface area contributed by atoms with Gasteiger partial charge in [0.1, 0.15) is 23.7 Å². The molecule has 0 radical (unpaired) electrons. The van der Waals surface area contributed by atoms with Gasteiger partial charge in [-0.25, -0.2) is 9.18 Å². The fourth-order valence-corrected chi connectivity index (χ4v) is 1.76. The Morgan fingerprint density at radius 3 is 2.63 bits per heavy atom. The molecule has 1 atom stereocenters. The molecule has 1 unspecified atom stereocenters. The van der Waals surface area contributed by atoms with Crippen molar-refractivity contribution in [3.63, 3.8) is 0 Å². The lowest BCUT2D eigenvalue weighted by Crippen LogP contribution is -2.35. The van der Waals surface area contributed by atoms with E-state index in [0.717, 1.165) is 0 Å². The number of halogens is 2. The van der Waals surface area contributed by atoms with Gasteiger partial charge >= 0.3 is 6.09 Å². The summed E-state index contributed by atoms with van der Waals surface area (Å²) >= 11 is 3.02. The average Bonchev–Trinajstić information content (AvgIpc) is 2.27. The summed E-state index contributed by atoms with van der Waals surface area (Å²) in [6, 6.07) is 3.42. The van der Waals surface area contributed by atoms with Crippen LogP contribution in [0.4, 0.5) is 9.18 Å². The van der Waals surface area contributed by atoms with E-state index >= 15 is 0 Å². The van der Waals surface area contributed by atoms with Gasteiger partial charge in [-0.3, -0.25) is 0 Å². The topological polar surface area (TPSA) is 55.4 Å². The Morgan fingerprint density at radius 2 is 2.11 bits per heavy atom. The molecule has 0 fully saturated rings. The van der Waals surface area contributed by atoms with E-state index in [1.54, 1.807) is 26.8 Å². The number of hydrogen-bond donors (Lipinski definition) is 1. The van der Waals surface area contributed by atoms with E-state index in [-0.39, 0.29) is 10.0 Å². The molecule has 6 heteroatoms. The number of aldehydes is 1. The molecule has 1 rings (SSSR count). The van der Waals surface area contributed by atoms with Crippen LogP contribution in [0.1, 0.15) is 32.4 Å². The largest absolute Gasteiger partial charge is 0.444 e. The third-order valence-corrected chi connectivity index (χ3v) is 2.74. The minimum atomic E-state index is -1.09. The van der Waals surface area contributed by atoms with E-state index in [2.05, 4.69) is 21.2 Å². The minimum Gasteiger partial charge on any atom is -0.444 e. The molecular formula is C13H15BrFNO3. The summed E-state index contributed by atoms with van der Waals surface area (Å²) in [5, 5.41) is 2.32. The Balaban J connectivity index is 2.87. The number of nitrogens with one attached hydrogen (secondary N) is 1. The first kappa shape index (κ1) is 15.6. The zero-order valence-corrected chi connectivity index (χ0v) is 12.5. The maximum Gasteiger partial charge on any atom is 0.408 e. The second-order valence-corrected chi connectivity index (χ2v) is 5.76. The fraction of sp³-hybridized carbons (Fsp3) is 0.385. The molecule has 104 valence electrons. The second kappa shape index (κ2) is 6.14. The van der Waals surface area contributed by atoms with E-state index < -0.39 is 23.6 Å². The number of ether oxygens (including phenoxy) is 1. The van der Waals surface area contributed by atoms with Crippen molar-refractivity contribution in [2.75, 3.05) is 0 Å². The summed E-state index contributed by atoms with van der Waals surface area (Å²) in [7, 11) is 0. The number of carbonyl (C=O) groups is 2. The van der Waals surface area contributed by atoms with Gasteiger partial charge in [-0.15, -0.1) is 0 Å². The fourth-order valence-electron chi connectivity index (χ4n) is 1.38. The van der Waals surface area contributed by atoms with Gasteiger partial charge in [0.05, 0.1) is 4.47 Å². The molecule has 1 aromatic carbocycles. The molecule has 19 heavy (non-hydrogen) atoms. The monoisotopic (exact) mass is 331 g/mol. The van der Waals surface area contributed by atoms with Gasteiger partial charge in [0.15, 0.2) is 0 Å². The van der Waals surface area contributed by atoms with Gasteiger partial charge < -0.3 is 14.8 Å². The van der Waals surface area contributed by atoms with Crippen LogP contribution in [0.3, 0.4) is 0 Å². The molecule has 0 aliphatic rings. The van der Waals surface area contributed by atoms with Crippen molar-refractivity contribution in [1.29, 1.82) is 0 Å². The van der Waals surface area contributed by atoms with Crippen LogP contribution < -0.4 is 5.32 Å². The van der Waals surface area contributed by atoms with Crippen LogP contribution in [0.15, 0.2) is 22.7 Å². The van der Waals surface area contributed by atoms with Crippen LogP contribution in [0.5, 0.6) is 0 Å². The van der Waals surface area contributed by atoms with Gasteiger partial charge in [-0.1, -0.05) is 12.1 Å². The lowest BCUT2D eigenvalue weighted by Gasteiger charge is -2.21. The van der Waals surface area contributed by atoms with Crippen LogP contribution >= 0.6 is 15.9 Å². The molecule has 1 amide bonds. The van der Waals surface area contributed by atoms with E-state index in [1.165, 1.54) is 12.1 Å². The highest BCUT2D eigenvalue weighted by Crippen LogP contribution is 2.23. The summed E-state index contributed by atoms with van der Waals surface area (Å²) in [6.45, 7) is 5.09. The normalized spacial score (nSPS) is 12.7. The molecule has 0 aliphatic heterocycles. The lowest BCUT2D eigenvalue weighted by molar-refractivity contribution is -0.109. The predicted molar refractivity (Wildman–Crippen MR) is 72.3 cm³/mol. The number of rotatable bonds is 3. The molecule has 1 N–H and O–H groups in total. The molecule has 0 saturated carbocycles. The van der Waals surface area contributed by atoms with Crippen LogP contribution in [0.25, 0.3) is 0 Å². The second-order valence-electron chi connectivity index (χ2n) is 4.90. The van der Waals surface area contributed by atoms with Gasteiger partial charge in [0.25, 0.3) is 0 Å². The number of hydrogen-bond acceptors (Lipinski definition) is 3. The van der Waals surface area contributed by atoms with Crippen LogP contribution in [-0.2, 0) is 9.53 Å². The van der Waals surface area contributed by atoms with E-state index in [4.69, 9.17) is 4.74 Å². The van der Waals surface area contributed by atoms with Crippen molar-refractivity contribution in [3.8, 4) is 0 Å². The Labute approximate surface area is 119 Å². The first-order chi connectivity index (χ1) is 8.74. The van der Waals surface area contributed by atoms with Crippen LogP contribution in [0, 0.1) is 5.82 Å². The highest BCUT2D eigenvalue weighted by molar-refractivity contribution is 9.10. The van der Waals surface area contributed by atoms with Crippen molar-refractivity contribution >= 4 is 28.3 Å². The smallest absolute Gasteiger partial charge is 0.408 e. The van der Waals surface area contributed by atoms with Crippen molar-refractivity contribution in [2.24, 2.45) is 0 Å². The highest BCUT2D eigenvalue weighted by atomic mass is 79.9. The van der Waals surface area contributed by atoms with E-state index in [0.29, 0.717) is 6.29 Å². The zero-order valence-electron chi connectivity index (χ0n) is 10.9. The Kier molecular flexibility index (Phi) is 5.05. The molecule has 1 aromatic rings. The number of benzene rings is 1. The molecule has 4 nitrogen and oxygen atoms in total. The van der Waals surface area contributed by atoms with Crippen molar-refractivity contribution in [2.45, 2.75) is 32.4 Å². The quantitative estimate of drug-likeness (QED) is 0.864. The van der Waals surface area contributed by atoms with Crippen LogP contribution in [0.2, 0.25) is 0 Å². The molecule has 0 spiro atoms. The van der Waals surface area contributed by atoms with Gasteiger partial charge in [0.2, 0.25) is 0 Å². The molecule has 0 bridgehead atoms. The zero-order chi connectivity index (χ0) is 14.6. The first-order valence-electron chi connectivity index (χ1n) is 5.63. The van der Waals surface area contributed by atoms with Crippen molar-refractivity contribution in [3.05, 3.63) is 34.1 Å². The Hall–Kier alpha value is -1.43. The minimum absolute atomic E-state index is 0.0789. The van der Waals surface area contributed by atoms with Crippen molar-refractivity contribution in [1.82, 2.24) is 5.32 Å². The van der Waals surface area contributed by atoms with Gasteiger partial charge in [-0.2, -0.15) is 0 Å². The third kappa shape index (κ3) is 4.63.